The summed E-state index contributed by atoms with van der Waals surface area (Å²) in [5.74, 6) is 1.34. The molecule has 1 aromatic heterocycles. The molecule has 1 saturated heterocycles. The van der Waals surface area contributed by atoms with Crippen molar-refractivity contribution in [3.8, 4) is 0 Å². The topological polar surface area (TPSA) is 32.3 Å². The number of halogens is 1. The second-order valence-corrected chi connectivity index (χ2v) is 5.09. The number of alkyl halides is 1. The van der Waals surface area contributed by atoms with Gasteiger partial charge in [-0.25, -0.2) is 0 Å². The number of rotatable bonds is 5. The van der Waals surface area contributed by atoms with Crippen molar-refractivity contribution >= 4 is 17.4 Å². The van der Waals surface area contributed by atoms with Crippen molar-refractivity contribution in [3.05, 3.63) is 17.8 Å². The Morgan fingerprint density at radius 2 is 2.28 bits per heavy atom. The van der Waals surface area contributed by atoms with Crippen LogP contribution in [0, 0.1) is 0 Å². The first-order chi connectivity index (χ1) is 8.74. The molecule has 2 rings (SSSR count). The van der Waals surface area contributed by atoms with Crippen molar-refractivity contribution in [3.63, 3.8) is 0 Å². The zero-order valence-electron chi connectivity index (χ0n) is 11.1. The Morgan fingerprint density at radius 3 is 2.89 bits per heavy atom. The van der Waals surface area contributed by atoms with Gasteiger partial charge in [-0.15, -0.1) is 16.7 Å². The van der Waals surface area contributed by atoms with Crippen LogP contribution in [0.1, 0.15) is 25.5 Å². The van der Waals surface area contributed by atoms with Crippen LogP contribution in [0.15, 0.2) is 12.1 Å². The maximum atomic E-state index is 5.71. The third-order valence-electron chi connectivity index (χ3n) is 3.62. The number of likely N-dealkylation sites (tertiary alicyclic amines) is 1. The van der Waals surface area contributed by atoms with Gasteiger partial charge in [0, 0.05) is 19.6 Å². The predicted molar refractivity (Wildman–Crippen MR) is 75.1 cm³/mol. The number of likely N-dealkylation sites (N-methyl/N-ethyl adjacent to an activating group) is 2. The van der Waals surface area contributed by atoms with Crippen molar-refractivity contribution in [2.75, 3.05) is 31.6 Å². The summed E-state index contributed by atoms with van der Waals surface area (Å²) in [6, 6.07) is 4.59. The fourth-order valence-electron chi connectivity index (χ4n) is 2.56. The lowest BCUT2D eigenvalue weighted by atomic mass is 10.2. The smallest absolute Gasteiger partial charge is 0.151 e. The van der Waals surface area contributed by atoms with Crippen LogP contribution in [-0.4, -0.2) is 47.8 Å². The summed E-state index contributed by atoms with van der Waals surface area (Å²) < 4.78 is 0. The summed E-state index contributed by atoms with van der Waals surface area (Å²) in [4.78, 5) is 4.72. The quantitative estimate of drug-likeness (QED) is 0.766. The molecule has 0 N–H and O–H groups in total. The average molecular weight is 269 g/mol. The molecule has 1 atom stereocenters. The Bertz CT molecular complexity index is 368. The molecule has 4 nitrogen and oxygen atoms in total. The van der Waals surface area contributed by atoms with Crippen LogP contribution >= 0.6 is 11.6 Å². The van der Waals surface area contributed by atoms with Crippen LogP contribution in [0.3, 0.4) is 0 Å². The van der Waals surface area contributed by atoms with Gasteiger partial charge in [-0.2, -0.15) is 5.10 Å². The van der Waals surface area contributed by atoms with E-state index in [9.17, 15) is 0 Å². The minimum atomic E-state index is 0.420. The predicted octanol–water partition coefficient (Wildman–Crippen LogP) is 2.14. The van der Waals surface area contributed by atoms with E-state index in [1.165, 1.54) is 19.4 Å². The van der Waals surface area contributed by atoms with Crippen LogP contribution in [0.25, 0.3) is 0 Å². The van der Waals surface area contributed by atoms with E-state index >= 15 is 0 Å². The first-order valence-corrected chi connectivity index (χ1v) is 7.11. The highest BCUT2D eigenvalue weighted by Crippen LogP contribution is 2.19. The SMILES string of the molecule is CCN1CCCC1CN(C)c1ccc(CCl)nn1. The number of hydrogen-bond donors (Lipinski definition) is 0. The molecule has 1 unspecified atom stereocenters. The van der Waals surface area contributed by atoms with E-state index in [2.05, 4.69) is 34.0 Å². The minimum absolute atomic E-state index is 0.420. The van der Waals surface area contributed by atoms with Gasteiger partial charge >= 0.3 is 0 Å². The normalized spacial score (nSPS) is 20.3. The number of aromatic nitrogens is 2. The zero-order chi connectivity index (χ0) is 13.0. The van der Waals surface area contributed by atoms with Crippen molar-refractivity contribution < 1.29 is 0 Å². The maximum absolute atomic E-state index is 5.71. The van der Waals surface area contributed by atoms with Crippen molar-refractivity contribution in [1.82, 2.24) is 15.1 Å². The minimum Gasteiger partial charge on any atom is -0.357 e. The molecule has 100 valence electrons. The average Bonchev–Trinajstić information content (AvgIpc) is 2.86. The van der Waals surface area contributed by atoms with E-state index in [1.54, 1.807) is 0 Å². The van der Waals surface area contributed by atoms with Crippen molar-refractivity contribution in [2.45, 2.75) is 31.7 Å². The molecule has 1 aliphatic rings. The summed E-state index contributed by atoms with van der Waals surface area (Å²) in [5, 5.41) is 8.31. The van der Waals surface area contributed by atoms with E-state index in [0.717, 1.165) is 24.6 Å². The third kappa shape index (κ3) is 3.12. The molecule has 0 amide bonds. The fourth-order valence-corrected chi connectivity index (χ4v) is 2.70. The van der Waals surface area contributed by atoms with Gasteiger partial charge in [0.25, 0.3) is 0 Å². The molecule has 0 aromatic carbocycles. The van der Waals surface area contributed by atoms with E-state index in [1.807, 2.05) is 12.1 Å². The first kappa shape index (κ1) is 13.6. The van der Waals surface area contributed by atoms with Crippen LogP contribution in [-0.2, 0) is 5.88 Å². The lowest BCUT2D eigenvalue weighted by Crippen LogP contribution is -2.39. The highest BCUT2D eigenvalue weighted by molar-refractivity contribution is 6.16. The number of nitrogens with zero attached hydrogens (tertiary/aromatic N) is 4. The molecule has 18 heavy (non-hydrogen) atoms. The maximum Gasteiger partial charge on any atom is 0.151 e. The van der Waals surface area contributed by atoms with E-state index in [-0.39, 0.29) is 0 Å². The summed E-state index contributed by atoms with van der Waals surface area (Å²) in [5.41, 5.74) is 0.824. The molecule has 0 saturated carbocycles. The molecular weight excluding hydrogens is 248 g/mol. The van der Waals surface area contributed by atoms with E-state index < -0.39 is 0 Å². The molecule has 1 fully saturated rings. The van der Waals surface area contributed by atoms with Gasteiger partial charge in [0.2, 0.25) is 0 Å². The monoisotopic (exact) mass is 268 g/mol. The largest absolute Gasteiger partial charge is 0.357 e. The highest BCUT2D eigenvalue weighted by Gasteiger charge is 2.24. The number of anilines is 1. The lowest BCUT2D eigenvalue weighted by molar-refractivity contribution is 0.270. The Hall–Kier alpha value is -0.870. The second kappa shape index (κ2) is 6.34. The van der Waals surface area contributed by atoms with Gasteiger partial charge in [-0.05, 0) is 38.1 Å². The van der Waals surface area contributed by atoms with Gasteiger partial charge in [-0.1, -0.05) is 6.92 Å². The van der Waals surface area contributed by atoms with Crippen molar-refractivity contribution in [2.24, 2.45) is 0 Å². The molecular formula is C13H21ClN4. The molecule has 1 aromatic rings. The van der Waals surface area contributed by atoms with Crippen LogP contribution in [0.4, 0.5) is 5.82 Å². The molecule has 0 aliphatic carbocycles. The molecule has 2 heterocycles. The molecule has 0 spiro atoms. The fraction of sp³-hybridized carbons (Fsp3) is 0.692. The van der Waals surface area contributed by atoms with Gasteiger partial charge in [-0.3, -0.25) is 4.90 Å². The first-order valence-electron chi connectivity index (χ1n) is 6.58. The Kier molecular flexibility index (Phi) is 4.78. The van der Waals surface area contributed by atoms with Crippen LogP contribution < -0.4 is 4.90 Å². The molecule has 0 bridgehead atoms. The zero-order valence-corrected chi connectivity index (χ0v) is 11.9. The lowest BCUT2D eigenvalue weighted by Gasteiger charge is -2.28. The summed E-state index contributed by atoms with van der Waals surface area (Å²) in [6.45, 7) is 5.61. The van der Waals surface area contributed by atoms with Gasteiger partial charge in [0.05, 0.1) is 11.6 Å². The summed E-state index contributed by atoms with van der Waals surface area (Å²) >= 11 is 5.71. The molecule has 1 aliphatic heterocycles. The standard InChI is InChI=1S/C13H21ClN4/c1-3-18-8-4-5-12(18)10-17(2)13-7-6-11(9-14)15-16-13/h6-7,12H,3-5,8-10H2,1-2H3. The third-order valence-corrected chi connectivity index (χ3v) is 3.90. The summed E-state index contributed by atoms with van der Waals surface area (Å²) in [6.07, 6.45) is 2.59. The second-order valence-electron chi connectivity index (χ2n) is 4.82. The van der Waals surface area contributed by atoms with E-state index in [4.69, 9.17) is 11.6 Å². The van der Waals surface area contributed by atoms with Crippen LogP contribution in [0.2, 0.25) is 0 Å². The Labute approximate surface area is 114 Å². The van der Waals surface area contributed by atoms with Gasteiger partial charge in [0.1, 0.15) is 0 Å². The highest BCUT2D eigenvalue weighted by atomic mass is 35.5. The summed E-state index contributed by atoms with van der Waals surface area (Å²) in [7, 11) is 2.08. The Morgan fingerprint density at radius 1 is 1.44 bits per heavy atom. The molecule has 0 radical (unpaired) electrons. The van der Waals surface area contributed by atoms with Crippen molar-refractivity contribution in [1.29, 1.82) is 0 Å². The van der Waals surface area contributed by atoms with E-state index in [0.29, 0.717) is 11.9 Å². The van der Waals surface area contributed by atoms with Gasteiger partial charge in [0.15, 0.2) is 5.82 Å². The Balaban J connectivity index is 1.95. The van der Waals surface area contributed by atoms with Gasteiger partial charge < -0.3 is 4.90 Å². The van der Waals surface area contributed by atoms with Crippen LogP contribution in [0.5, 0.6) is 0 Å². The number of hydrogen-bond acceptors (Lipinski definition) is 4. The molecule has 5 heteroatoms.